The number of aromatic nitrogens is 4. The topological polar surface area (TPSA) is 208 Å². The van der Waals surface area contributed by atoms with Crippen LogP contribution in [0.2, 0.25) is 0 Å². The molecule has 4 heterocycles. The van der Waals surface area contributed by atoms with Crippen LogP contribution in [0.3, 0.4) is 0 Å². The van der Waals surface area contributed by atoms with E-state index in [2.05, 4.69) is 36.2 Å². The number of amides is 1. The highest BCUT2D eigenvalue weighted by molar-refractivity contribution is 5.78. The van der Waals surface area contributed by atoms with Crippen molar-refractivity contribution >= 4 is 11.9 Å². The zero-order valence-corrected chi connectivity index (χ0v) is 37.3. The van der Waals surface area contributed by atoms with Crippen molar-refractivity contribution in [2.24, 2.45) is 0 Å². The predicted molar refractivity (Wildman–Crippen MR) is 243 cm³/mol. The van der Waals surface area contributed by atoms with Gasteiger partial charge in [0.05, 0.1) is 41.5 Å². The number of piperidine rings is 2. The highest BCUT2D eigenvalue weighted by Gasteiger charge is 2.28. The Morgan fingerprint density at radius 2 is 1.08 bits per heavy atom. The molecule has 65 heavy (non-hydrogen) atoms. The Labute approximate surface area is 378 Å². The number of hydrogen-bond donors (Lipinski definition) is 4. The van der Waals surface area contributed by atoms with Gasteiger partial charge in [-0.3, -0.25) is 9.59 Å². The Balaban J connectivity index is 0.000000181. The Bertz CT molecular complexity index is 2360. The molecule has 344 valence electrons. The zero-order chi connectivity index (χ0) is 45.8. The van der Waals surface area contributed by atoms with E-state index >= 15 is 0 Å². The molecule has 4 N–H and O–H groups in total. The van der Waals surface area contributed by atoms with Gasteiger partial charge in [0.2, 0.25) is 29.3 Å². The third-order valence-corrected chi connectivity index (χ3v) is 10.9. The molecule has 0 radical (unpaired) electrons. The van der Waals surface area contributed by atoms with Crippen molar-refractivity contribution in [3.63, 3.8) is 0 Å². The maximum atomic E-state index is 12.5. The summed E-state index contributed by atoms with van der Waals surface area (Å²) in [6, 6.07) is 30.9. The number of carboxylic acids is 1. The van der Waals surface area contributed by atoms with Crippen LogP contribution in [0.4, 0.5) is 0 Å². The van der Waals surface area contributed by atoms with Crippen molar-refractivity contribution < 1.29 is 42.7 Å². The lowest BCUT2D eigenvalue weighted by molar-refractivity contribution is -0.136. The van der Waals surface area contributed by atoms with Crippen molar-refractivity contribution in [2.75, 3.05) is 67.7 Å². The Hall–Kier alpha value is -6.82. The third kappa shape index (κ3) is 14.1. The molecule has 0 spiro atoms. The van der Waals surface area contributed by atoms with Gasteiger partial charge < -0.3 is 54.0 Å². The first kappa shape index (κ1) is 47.7. The van der Waals surface area contributed by atoms with Gasteiger partial charge in [0.1, 0.15) is 0 Å². The molecule has 8 rings (SSSR count). The van der Waals surface area contributed by atoms with Gasteiger partial charge in [-0.25, -0.2) is 0 Å². The first-order valence-electron chi connectivity index (χ1n) is 21.6. The van der Waals surface area contributed by atoms with Gasteiger partial charge in [0.15, 0.2) is 23.0 Å². The number of methoxy groups -OCH3 is 4. The summed E-state index contributed by atoms with van der Waals surface area (Å²) in [6.07, 6.45) is 3.68. The molecule has 0 saturated carbocycles. The molecule has 1 amide bonds. The van der Waals surface area contributed by atoms with Crippen LogP contribution in [0.15, 0.2) is 106 Å². The zero-order valence-electron chi connectivity index (χ0n) is 37.3. The van der Waals surface area contributed by atoms with Gasteiger partial charge in [0.25, 0.3) is 0 Å². The summed E-state index contributed by atoms with van der Waals surface area (Å²) in [7, 11) is 6.41. The van der Waals surface area contributed by atoms with Crippen LogP contribution >= 0.6 is 0 Å². The van der Waals surface area contributed by atoms with E-state index in [4.69, 9.17) is 33.1 Å². The molecule has 0 unspecified atom stereocenters. The second-order valence-corrected chi connectivity index (χ2v) is 15.3. The number of carboxylic acid groups (broad SMARTS) is 1. The number of nitrogens with one attached hydrogen (secondary N) is 3. The monoisotopic (exact) mass is 890 g/mol. The molecule has 0 atom stereocenters. The van der Waals surface area contributed by atoms with Gasteiger partial charge >= 0.3 is 5.97 Å². The fraction of sp³-hybridized carbons (Fsp3) is 0.375. The third-order valence-electron chi connectivity index (χ3n) is 10.9. The molecule has 17 nitrogen and oxygen atoms in total. The second kappa shape index (κ2) is 24.9. The van der Waals surface area contributed by atoms with E-state index in [-0.39, 0.29) is 18.4 Å². The largest absolute Gasteiger partial charge is 0.493 e. The summed E-state index contributed by atoms with van der Waals surface area (Å²) in [6.45, 7) is 5.00. The van der Waals surface area contributed by atoms with E-state index < -0.39 is 5.97 Å². The van der Waals surface area contributed by atoms with E-state index in [1.54, 1.807) is 28.4 Å². The quantitative estimate of drug-likeness (QED) is 0.0837. The molecule has 6 aromatic rings. The van der Waals surface area contributed by atoms with Crippen LogP contribution in [-0.4, -0.2) is 110 Å². The maximum absolute atomic E-state index is 12.5. The lowest BCUT2D eigenvalue weighted by Crippen LogP contribution is -2.42. The van der Waals surface area contributed by atoms with Crippen LogP contribution in [0.5, 0.6) is 23.0 Å². The number of hydrogen-bond acceptors (Lipinski definition) is 15. The molecular weight excluding hydrogens is 833 g/mol. The molecule has 2 fully saturated rings. The highest BCUT2D eigenvalue weighted by Crippen LogP contribution is 2.34. The fourth-order valence-electron chi connectivity index (χ4n) is 7.36. The van der Waals surface area contributed by atoms with Gasteiger partial charge in [-0.1, -0.05) is 71.0 Å². The molecule has 2 aliphatic heterocycles. The minimum Gasteiger partial charge on any atom is -0.493 e. The maximum Gasteiger partial charge on any atom is 0.317 e. The molecule has 17 heteroatoms. The molecule has 2 aromatic heterocycles. The highest BCUT2D eigenvalue weighted by atomic mass is 16.5. The Morgan fingerprint density at radius 1 is 0.631 bits per heavy atom. The average molecular weight is 891 g/mol. The first-order chi connectivity index (χ1) is 31.8. The molecule has 0 bridgehead atoms. The number of aliphatic carboxylic acids is 1. The number of carbonyl (C=O) groups excluding carboxylic acids is 1. The number of ether oxygens (including phenoxy) is 4. The van der Waals surface area contributed by atoms with Crippen LogP contribution < -0.4 is 34.9 Å². The summed E-state index contributed by atoms with van der Waals surface area (Å²) in [4.78, 5) is 33.7. The minimum atomic E-state index is -0.828. The Kier molecular flexibility index (Phi) is 18.2. The number of rotatable bonds is 16. The number of likely N-dealkylation sites (tertiary alicyclic amines) is 1. The first-order valence-corrected chi connectivity index (χ1v) is 21.6. The number of carbonyl (C=O) groups is 2. The number of nitrogens with zero attached hydrogens (tertiary/aromatic N) is 5. The van der Waals surface area contributed by atoms with Crippen LogP contribution in [0, 0.1) is 0 Å². The van der Waals surface area contributed by atoms with Crippen molar-refractivity contribution in [1.29, 1.82) is 0 Å². The van der Waals surface area contributed by atoms with Crippen LogP contribution in [0.25, 0.3) is 22.8 Å². The molecule has 4 aromatic carbocycles. The van der Waals surface area contributed by atoms with E-state index in [9.17, 15) is 9.59 Å². The number of benzene rings is 4. The smallest absolute Gasteiger partial charge is 0.317 e. The second-order valence-electron chi connectivity index (χ2n) is 15.3. The van der Waals surface area contributed by atoms with Gasteiger partial charge in [-0.2, -0.15) is 9.97 Å². The molecule has 2 aliphatic rings. The normalized spacial score (nSPS) is 14.0. The Morgan fingerprint density at radius 3 is 1.52 bits per heavy atom. The summed E-state index contributed by atoms with van der Waals surface area (Å²) < 4.78 is 32.1. The van der Waals surface area contributed by atoms with E-state index in [0.717, 1.165) is 61.4 Å². The lowest BCUT2D eigenvalue weighted by Gasteiger charge is -2.30. The average Bonchev–Trinajstić information content (AvgIpc) is 4.07. The van der Waals surface area contributed by atoms with Crippen molar-refractivity contribution in [2.45, 2.75) is 50.6 Å². The van der Waals surface area contributed by atoms with Gasteiger partial charge in [-0.15, -0.1) is 0 Å². The van der Waals surface area contributed by atoms with Crippen LogP contribution in [-0.2, 0) is 22.7 Å². The summed E-state index contributed by atoms with van der Waals surface area (Å²) in [5.74, 6) is 4.84. The van der Waals surface area contributed by atoms with Crippen molar-refractivity contribution in [1.82, 2.24) is 41.1 Å². The fourth-order valence-corrected chi connectivity index (χ4v) is 7.36. The predicted octanol–water partition coefficient (Wildman–Crippen LogP) is 6.33. The summed E-state index contributed by atoms with van der Waals surface area (Å²) in [5, 5.41) is 25.9. The van der Waals surface area contributed by atoms with Crippen molar-refractivity contribution in [3.8, 4) is 45.8 Å². The summed E-state index contributed by atoms with van der Waals surface area (Å²) >= 11 is 0. The molecular formula is C48H58N8O9. The lowest BCUT2D eigenvalue weighted by atomic mass is 9.96. The summed E-state index contributed by atoms with van der Waals surface area (Å²) in [5.41, 5.74) is 3.92. The van der Waals surface area contributed by atoms with E-state index in [1.165, 1.54) is 5.56 Å². The molecule has 2 saturated heterocycles. The standard InChI is InChI=1S/C24H28N4O4.C15H19N3O3.C9H11NO2/c1-30-20-9-8-19(14-21(20)31-2)23-26-24(32-27-23)18-10-12-28(13-11-18)22(29)16-25-15-17-6-4-3-5-7-17;1-19-12-4-3-11(9-13(12)20-2)14-17-15(21-18-14)10-5-7-16-8-6-10;11-9(12)7-10-6-8-4-2-1-3-5-8/h3-9,14,18,25H,10-13,15-16H2,1-2H3;3-4,9-10,16H,5-8H2,1-2H3;1-5,10H,6-7H2,(H,11,12). The van der Waals surface area contributed by atoms with Gasteiger partial charge in [0, 0.05) is 49.1 Å². The molecule has 0 aliphatic carbocycles. The van der Waals surface area contributed by atoms with Crippen molar-refractivity contribution in [3.05, 3.63) is 120 Å². The minimum absolute atomic E-state index is 0.00882. The van der Waals surface area contributed by atoms with Gasteiger partial charge in [-0.05, 0) is 86.3 Å². The van der Waals surface area contributed by atoms with E-state index in [0.29, 0.717) is 79.2 Å². The SMILES string of the molecule is COc1ccc(-c2noc(C3CCN(C(=O)CNCc4ccccc4)CC3)n2)cc1OC.COc1ccc(-c2noc(C3CCNCC3)n2)cc1OC.O=C(O)CNCc1ccccc1. The van der Waals surface area contributed by atoms with Crippen LogP contribution in [0.1, 0.15) is 60.4 Å². The van der Waals surface area contributed by atoms with E-state index in [1.807, 2.05) is 102 Å².